The molecule has 3 aliphatic rings. The van der Waals surface area contributed by atoms with Crippen LogP contribution >= 0.6 is 0 Å². The number of amides is 1. The van der Waals surface area contributed by atoms with Crippen LogP contribution in [0.1, 0.15) is 43.4 Å². The second kappa shape index (κ2) is 12.6. The second-order valence-electron chi connectivity index (χ2n) is 12.1. The van der Waals surface area contributed by atoms with Gasteiger partial charge in [-0.15, -0.1) is 0 Å². The molecular formula is C34H41N7O2. The van der Waals surface area contributed by atoms with Crippen molar-refractivity contribution in [3.05, 3.63) is 66.4 Å². The standard InChI is InChI=1S/C34H41N7O2/c1-4-32(42)41-21-20-40(22-25(41)16-18-35)33-27-17-19-39(29-14-9-11-24-10-5-6-12-26(24)29)23-28(27)36-34(37-33)43-31-15-8-7-13-30(31)38(2)3/h4-6,9-12,14,25,30-31H,1,7-8,13,15-17,19-23H2,2-3H3. The molecule has 3 atom stereocenters. The first-order chi connectivity index (χ1) is 21.0. The lowest BCUT2D eigenvalue weighted by Crippen LogP contribution is -2.55. The summed E-state index contributed by atoms with van der Waals surface area (Å²) < 4.78 is 6.65. The minimum absolute atomic E-state index is 0.0285. The van der Waals surface area contributed by atoms with Crippen LogP contribution in [0.15, 0.2) is 55.1 Å². The van der Waals surface area contributed by atoms with E-state index in [1.54, 1.807) is 4.90 Å². The number of piperazine rings is 1. The number of nitrogens with zero attached hydrogens (tertiary/aromatic N) is 7. The molecule has 3 heterocycles. The molecule has 224 valence electrons. The molecule has 0 radical (unpaired) electrons. The number of aromatic nitrogens is 2. The Balaban J connectivity index is 1.36. The molecular weight excluding hydrogens is 538 g/mol. The Bertz CT molecular complexity index is 1530. The molecule has 43 heavy (non-hydrogen) atoms. The molecule has 3 aromatic rings. The van der Waals surface area contributed by atoms with Crippen molar-refractivity contribution in [2.75, 3.05) is 50.1 Å². The maximum Gasteiger partial charge on any atom is 0.319 e. The zero-order valence-corrected chi connectivity index (χ0v) is 25.3. The summed E-state index contributed by atoms with van der Waals surface area (Å²) >= 11 is 0. The predicted octanol–water partition coefficient (Wildman–Crippen LogP) is 4.56. The predicted molar refractivity (Wildman–Crippen MR) is 169 cm³/mol. The van der Waals surface area contributed by atoms with Crippen molar-refractivity contribution in [2.24, 2.45) is 0 Å². The van der Waals surface area contributed by atoms with Crippen LogP contribution in [0, 0.1) is 11.3 Å². The van der Waals surface area contributed by atoms with Gasteiger partial charge in [0.05, 0.1) is 30.8 Å². The molecule has 3 unspecified atom stereocenters. The van der Waals surface area contributed by atoms with E-state index >= 15 is 0 Å². The first-order valence-electron chi connectivity index (χ1n) is 15.5. The lowest BCUT2D eigenvalue weighted by Gasteiger charge is -2.42. The summed E-state index contributed by atoms with van der Waals surface area (Å²) in [5, 5.41) is 12.0. The van der Waals surface area contributed by atoms with Crippen molar-refractivity contribution in [3.8, 4) is 12.1 Å². The van der Waals surface area contributed by atoms with Gasteiger partial charge in [0.25, 0.3) is 0 Å². The molecule has 1 saturated heterocycles. The van der Waals surface area contributed by atoms with Gasteiger partial charge >= 0.3 is 6.01 Å². The summed E-state index contributed by atoms with van der Waals surface area (Å²) in [5.41, 5.74) is 3.32. The SMILES string of the molecule is C=CC(=O)N1CCN(c2nc(OC3CCCCC3N(C)C)nc3c2CCN(c2cccc4ccccc24)C3)CC1CC#N. The highest BCUT2D eigenvalue weighted by molar-refractivity contribution is 5.94. The van der Waals surface area contributed by atoms with Gasteiger partial charge in [0.2, 0.25) is 5.91 Å². The van der Waals surface area contributed by atoms with Crippen LogP contribution in [0.5, 0.6) is 6.01 Å². The zero-order valence-electron chi connectivity index (χ0n) is 25.3. The Morgan fingerprint density at radius 3 is 2.72 bits per heavy atom. The molecule has 0 spiro atoms. The summed E-state index contributed by atoms with van der Waals surface area (Å²) in [4.78, 5) is 31.4. The number of likely N-dealkylation sites (N-methyl/N-ethyl adjacent to an activating group) is 1. The maximum atomic E-state index is 12.6. The summed E-state index contributed by atoms with van der Waals surface area (Å²) in [7, 11) is 4.24. The molecule has 1 saturated carbocycles. The fraction of sp³-hybridized carbons (Fsp3) is 0.471. The second-order valence-corrected chi connectivity index (χ2v) is 12.1. The third-order valence-corrected chi connectivity index (χ3v) is 9.28. The normalized spacial score (nSPS) is 22.3. The van der Waals surface area contributed by atoms with E-state index in [9.17, 15) is 10.1 Å². The molecule has 1 aliphatic carbocycles. The van der Waals surface area contributed by atoms with Gasteiger partial charge in [-0.3, -0.25) is 4.79 Å². The number of fused-ring (bicyclic) bond motifs is 2. The number of hydrogen-bond donors (Lipinski definition) is 0. The van der Waals surface area contributed by atoms with Crippen LogP contribution in [-0.4, -0.2) is 84.1 Å². The Morgan fingerprint density at radius 1 is 1.09 bits per heavy atom. The summed E-state index contributed by atoms with van der Waals surface area (Å²) in [6.45, 7) is 6.85. The largest absolute Gasteiger partial charge is 0.458 e. The molecule has 2 fully saturated rings. The van der Waals surface area contributed by atoms with E-state index < -0.39 is 0 Å². The Hall–Kier alpha value is -4.16. The van der Waals surface area contributed by atoms with Crippen molar-refractivity contribution in [1.29, 1.82) is 5.26 Å². The number of carbonyl (C=O) groups is 1. The molecule has 1 aromatic heterocycles. The number of ether oxygens (including phenoxy) is 1. The Kier molecular flexibility index (Phi) is 8.48. The lowest BCUT2D eigenvalue weighted by atomic mass is 9.92. The molecule has 2 aliphatic heterocycles. The van der Waals surface area contributed by atoms with Gasteiger partial charge in [-0.25, -0.2) is 0 Å². The number of rotatable bonds is 7. The van der Waals surface area contributed by atoms with Gasteiger partial charge in [0.1, 0.15) is 11.9 Å². The number of nitriles is 1. The maximum absolute atomic E-state index is 12.6. The molecule has 0 N–H and O–H groups in total. The topological polar surface area (TPSA) is 88.8 Å². The minimum atomic E-state index is -0.230. The number of carbonyl (C=O) groups excluding carboxylic acids is 1. The first kappa shape index (κ1) is 28.9. The van der Waals surface area contributed by atoms with Gasteiger partial charge in [-0.2, -0.15) is 15.2 Å². The highest BCUT2D eigenvalue weighted by Gasteiger charge is 2.35. The quantitative estimate of drug-likeness (QED) is 0.377. The van der Waals surface area contributed by atoms with Gasteiger partial charge in [-0.1, -0.05) is 49.4 Å². The monoisotopic (exact) mass is 579 g/mol. The highest BCUT2D eigenvalue weighted by Crippen LogP contribution is 2.35. The number of benzene rings is 2. The van der Waals surface area contributed by atoms with Gasteiger partial charge in [0, 0.05) is 48.9 Å². The van der Waals surface area contributed by atoms with E-state index in [2.05, 4.69) is 83.9 Å². The van der Waals surface area contributed by atoms with Crippen LogP contribution in [0.2, 0.25) is 0 Å². The van der Waals surface area contributed by atoms with E-state index in [0.717, 1.165) is 49.3 Å². The number of hydrogen-bond acceptors (Lipinski definition) is 8. The van der Waals surface area contributed by atoms with Crippen LogP contribution < -0.4 is 14.5 Å². The first-order valence-corrected chi connectivity index (χ1v) is 15.5. The van der Waals surface area contributed by atoms with Crippen molar-refractivity contribution < 1.29 is 9.53 Å². The fourth-order valence-electron chi connectivity index (χ4n) is 7.07. The molecule has 2 aromatic carbocycles. The molecule has 6 rings (SSSR count). The number of anilines is 2. The van der Waals surface area contributed by atoms with Crippen LogP contribution in [-0.2, 0) is 17.8 Å². The van der Waals surface area contributed by atoms with Gasteiger partial charge in [-0.05, 0) is 57.3 Å². The van der Waals surface area contributed by atoms with Crippen molar-refractivity contribution in [2.45, 2.75) is 63.3 Å². The Labute approximate surface area is 254 Å². The van der Waals surface area contributed by atoms with Gasteiger partial charge in [0.15, 0.2) is 0 Å². The van der Waals surface area contributed by atoms with Crippen LogP contribution in [0.25, 0.3) is 10.8 Å². The van der Waals surface area contributed by atoms with Gasteiger partial charge < -0.3 is 24.3 Å². The van der Waals surface area contributed by atoms with Crippen molar-refractivity contribution in [3.63, 3.8) is 0 Å². The van der Waals surface area contributed by atoms with E-state index in [-0.39, 0.29) is 24.5 Å². The summed E-state index contributed by atoms with van der Waals surface area (Å²) in [5.74, 6) is 0.745. The molecule has 1 amide bonds. The molecule has 9 heteroatoms. The smallest absolute Gasteiger partial charge is 0.319 e. The fourth-order valence-corrected chi connectivity index (χ4v) is 7.07. The van der Waals surface area contributed by atoms with E-state index in [1.165, 1.54) is 29.0 Å². The minimum Gasteiger partial charge on any atom is -0.458 e. The van der Waals surface area contributed by atoms with E-state index in [0.29, 0.717) is 38.2 Å². The lowest BCUT2D eigenvalue weighted by molar-refractivity contribution is -0.128. The summed E-state index contributed by atoms with van der Waals surface area (Å²) in [6, 6.07) is 17.8. The molecule has 9 nitrogen and oxygen atoms in total. The third-order valence-electron chi connectivity index (χ3n) is 9.28. The average Bonchev–Trinajstić information content (AvgIpc) is 3.03. The Morgan fingerprint density at radius 2 is 1.91 bits per heavy atom. The summed E-state index contributed by atoms with van der Waals surface area (Å²) in [6.07, 6.45) is 6.84. The highest BCUT2D eigenvalue weighted by atomic mass is 16.5. The third kappa shape index (κ3) is 5.89. The van der Waals surface area contributed by atoms with Crippen LogP contribution in [0.4, 0.5) is 11.5 Å². The van der Waals surface area contributed by atoms with Crippen LogP contribution in [0.3, 0.4) is 0 Å². The van der Waals surface area contributed by atoms with E-state index in [4.69, 9.17) is 14.7 Å². The van der Waals surface area contributed by atoms with E-state index in [1.807, 2.05) is 0 Å². The zero-order chi connectivity index (χ0) is 29.9. The average molecular weight is 580 g/mol. The van der Waals surface area contributed by atoms with Crippen molar-refractivity contribution in [1.82, 2.24) is 19.8 Å². The molecule has 0 bridgehead atoms. The van der Waals surface area contributed by atoms with Crippen molar-refractivity contribution >= 4 is 28.2 Å².